The Kier molecular flexibility index (Phi) is 2.99. The molecule has 0 aliphatic rings. The molecule has 0 unspecified atom stereocenters. The molecule has 0 saturated heterocycles. The van der Waals surface area contributed by atoms with Crippen LogP contribution in [0.1, 0.15) is 5.69 Å². The number of aromatic nitrogens is 4. The summed E-state index contributed by atoms with van der Waals surface area (Å²) in [6.45, 7) is 0. The van der Waals surface area contributed by atoms with Gasteiger partial charge in [0.05, 0.1) is 5.69 Å². The van der Waals surface area contributed by atoms with E-state index in [0.29, 0.717) is 10.7 Å². The minimum Gasteiger partial charge on any atom is -0.196 e. The van der Waals surface area contributed by atoms with Gasteiger partial charge in [0.15, 0.2) is 5.69 Å². The summed E-state index contributed by atoms with van der Waals surface area (Å²) in [4.78, 5) is 0. The topological polar surface area (TPSA) is 78.2 Å². The van der Waals surface area contributed by atoms with Crippen LogP contribution in [0.2, 0.25) is 5.02 Å². The van der Waals surface area contributed by atoms with E-state index in [9.17, 15) is 0 Å². The van der Waals surface area contributed by atoms with Gasteiger partial charge in [-0.2, -0.15) is 19.9 Å². The number of aromatic amines is 1. The highest BCUT2D eigenvalue weighted by molar-refractivity contribution is 7.04. The third-order valence-electron chi connectivity index (χ3n) is 2.60. The predicted molar refractivity (Wildman–Crippen MR) is 72.7 cm³/mol. The van der Waals surface area contributed by atoms with Crippen molar-refractivity contribution in [3.05, 3.63) is 40.4 Å². The molecule has 0 aliphatic carbocycles. The number of H-pyrrole nitrogens is 1. The maximum Gasteiger partial charge on any atom is 0.190 e. The lowest BCUT2D eigenvalue weighted by molar-refractivity contribution is 0.937. The Morgan fingerprint density at radius 2 is 1.95 bits per heavy atom. The Labute approximate surface area is 117 Å². The maximum atomic E-state index is 9.00. The zero-order valence-corrected chi connectivity index (χ0v) is 11.0. The highest BCUT2D eigenvalue weighted by atomic mass is 35.5. The summed E-state index contributed by atoms with van der Waals surface area (Å²) in [6, 6.07) is 9.37. The molecule has 0 spiro atoms. The van der Waals surface area contributed by atoms with Gasteiger partial charge in [-0.1, -0.05) is 23.7 Å². The van der Waals surface area contributed by atoms with Crippen LogP contribution in [0.4, 0.5) is 0 Å². The standard InChI is InChI=1S/C12H6ClN5S/c13-8-3-1-7(2-4-8)11-9(6-19-17-11)12-10(5-14)15-18-16-12/h1-4,6H,(H,15,16,18). The molecule has 5 nitrogen and oxygen atoms in total. The fourth-order valence-corrected chi connectivity index (χ4v) is 2.53. The summed E-state index contributed by atoms with van der Waals surface area (Å²) < 4.78 is 4.35. The number of nitrogens with zero attached hydrogens (tertiary/aromatic N) is 4. The van der Waals surface area contributed by atoms with Crippen molar-refractivity contribution in [1.82, 2.24) is 19.8 Å². The smallest absolute Gasteiger partial charge is 0.190 e. The lowest BCUT2D eigenvalue weighted by Crippen LogP contribution is -1.85. The molecule has 2 heterocycles. The molecular weight excluding hydrogens is 282 g/mol. The molecule has 1 aromatic carbocycles. The quantitative estimate of drug-likeness (QED) is 0.785. The van der Waals surface area contributed by atoms with Gasteiger partial charge < -0.3 is 0 Å². The summed E-state index contributed by atoms with van der Waals surface area (Å²) in [6.07, 6.45) is 0. The molecule has 3 aromatic rings. The Bertz CT molecular complexity index is 753. The maximum absolute atomic E-state index is 9.00. The lowest BCUT2D eigenvalue weighted by Gasteiger charge is -2.00. The first-order valence-corrected chi connectivity index (χ1v) is 6.52. The number of nitrogens with one attached hydrogen (secondary N) is 1. The van der Waals surface area contributed by atoms with Crippen LogP contribution in [0.15, 0.2) is 29.6 Å². The van der Waals surface area contributed by atoms with Crippen LogP contribution in [0.5, 0.6) is 0 Å². The van der Waals surface area contributed by atoms with E-state index in [1.165, 1.54) is 11.5 Å². The summed E-state index contributed by atoms with van der Waals surface area (Å²) in [7, 11) is 0. The van der Waals surface area contributed by atoms with Crippen molar-refractivity contribution < 1.29 is 0 Å². The third kappa shape index (κ3) is 2.10. The van der Waals surface area contributed by atoms with Crippen molar-refractivity contribution in [3.63, 3.8) is 0 Å². The fourth-order valence-electron chi connectivity index (χ4n) is 1.72. The van der Waals surface area contributed by atoms with Crippen molar-refractivity contribution in [2.24, 2.45) is 0 Å². The van der Waals surface area contributed by atoms with Crippen molar-refractivity contribution in [2.45, 2.75) is 0 Å². The SMILES string of the molecule is N#Cc1n[nH]nc1-c1csnc1-c1ccc(Cl)cc1. The summed E-state index contributed by atoms with van der Waals surface area (Å²) in [5.41, 5.74) is 3.26. The normalized spacial score (nSPS) is 10.3. The molecule has 0 aliphatic heterocycles. The molecule has 0 saturated carbocycles. The van der Waals surface area contributed by atoms with Gasteiger partial charge in [-0.3, -0.25) is 0 Å². The van der Waals surface area contributed by atoms with Gasteiger partial charge in [-0.25, -0.2) is 0 Å². The molecule has 3 rings (SSSR count). The van der Waals surface area contributed by atoms with Crippen molar-refractivity contribution in [2.75, 3.05) is 0 Å². The minimum atomic E-state index is 0.260. The fraction of sp³-hybridized carbons (Fsp3) is 0. The first-order valence-electron chi connectivity index (χ1n) is 5.31. The van der Waals surface area contributed by atoms with Crippen LogP contribution in [0.3, 0.4) is 0 Å². The molecule has 19 heavy (non-hydrogen) atoms. The third-order valence-corrected chi connectivity index (χ3v) is 3.48. The van der Waals surface area contributed by atoms with Gasteiger partial charge in [-0.15, -0.1) is 5.10 Å². The molecule has 0 atom stereocenters. The molecular formula is C12H6ClN5S. The molecule has 92 valence electrons. The molecule has 1 N–H and O–H groups in total. The van der Waals surface area contributed by atoms with Crippen LogP contribution >= 0.6 is 23.1 Å². The van der Waals surface area contributed by atoms with E-state index in [2.05, 4.69) is 19.8 Å². The van der Waals surface area contributed by atoms with E-state index in [1.54, 1.807) is 12.1 Å². The predicted octanol–water partition coefficient (Wildman–Crippen LogP) is 3.12. The van der Waals surface area contributed by atoms with E-state index >= 15 is 0 Å². The van der Waals surface area contributed by atoms with Gasteiger partial charge in [-0.05, 0) is 23.7 Å². The van der Waals surface area contributed by atoms with Gasteiger partial charge in [0.25, 0.3) is 0 Å². The van der Waals surface area contributed by atoms with E-state index in [1.807, 2.05) is 23.6 Å². The van der Waals surface area contributed by atoms with Crippen molar-refractivity contribution in [1.29, 1.82) is 5.26 Å². The number of hydrogen-bond donors (Lipinski definition) is 1. The Morgan fingerprint density at radius 1 is 1.16 bits per heavy atom. The molecule has 2 aromatic heterocycles. The van der Waals surface area contributed by atoms with E-state index < -0.39 is 0 Å². The number of benzene rings is 1. The average molecular weight is 288 g/mol. The second-order valence-corrected chi connectivity index (χ2v) is 4.78. The monoisotopic (exact) mass is 287 g/mol. The second kappa shape index (κ2) is 4.80. The number of rotatable bonds is 2. The van der Waals surface area contributed by atoms with E-state index in [-0.39, 0.29) is 5.69 Å². The van der Waals surface area contributed by atoms with Gasteiger partial charge in [0, 0.05) is 21.5 Å². The van der Waals surface area contributed by atoms with Crippen LogP contribution < -0.4 is 0 Å². The first kappa shape index (κ1) is 11.8. The zero-order valence-electron chi connectivity index (χ0n) is 9.46. The van der Waals surface area contributed by atoms with Gasteiger partial charge in [0.1, 0.15) is 11.8 Å². The van der Waals surface area contributed by atoms with Gasteiger partial charge >= 0.3 is 0 Å². The Balaban J connectivity index is 2.14. The number of halogens is 1. The van der Waals surface area contributed by atoms with Gasteiger partial charge in [0.2, 0.25) is 0 Å². The van der Waals surface area contributed by atoms with Crippen LogP contribution in [-0.2, 0) is 0 Å². The highest BCUT2D eigenvalue weighted by Gasteiger charge is 2.17. The largest absolute Gasteiger partial charge is 0.196 e. The highest BCUT2D eigenvalue weighted by Crippen LogP contribution is 2.33. The number of hydrogen-bond acceptors (Lipinski definition) is 5. The molecule has 7 heteroatoms. The van der Waals surface area contributed by atoms with Crippen molar-refractivity contribution >= 4 is 23.1 Å². The molecule has 0 fully saturated rings. The van der Waals surface area contributed by atoms with Crippen LogP contribution in [-0.4, -0.2) is 19.8 Å². The minimum absolute atomic E-state index is 0.260. The summed E-state index contributed by atoms with van der Waals surface area (Å²) in [5.74, 6) is 0. The molecule has 0 radical (unpaired) electrons. The lowest BCUT2D eigenvalue weighted by atomic mass is 10.1. The Morgan fingerprint density at radius 3 is 2.68 bits per heavy atom. The molecule has 0 amide bonds. The Hall–Kier alpha value is -2.23. The van der Waals surface area contributed by atoms with Crippen LogP contribution in [0.25, 0.3) is 22.5 Å². The summed E-state index contributed by atoms with van der Waals surface area (Å²) in [5, 5.41) is 21.8. The van der Waals surface area contributed by atoms with Crippen LogP contribution in [0, 0.1) is 11.3 Å². The first-order chi connectivity index (χ1) is 9.29. The molecule has 0 bridgehead atoms. The van der Waals surface area contributed by atoms with E-state index in [0.717, 1.165) is 16.8 Å². The van der Waals surface area contributed by atoms with Crippen molar-refractivity contribution in [3.8, 4) is 28.6 Å². The second-order valence-electron chi connectivity index (χ2n) is 3.72. The summed E-state index contributed by atoms with van der Waals surface area (Å²) >= 11 is 7.18. The van der Waals surface area contributed by atoms with E-state index in [4.69, 9.17) is 16.9 Å². The average Bonchev–Trinajstić information content (AvgIpc) is 3.07. The number of nitriles is 1. The zero-order chi connectivity index (χ0) is 13.2.